The molecule has 1 saturated carbocycles. The minimum absolute atomic E-state index is 0.553. The van der Waals surface area contributed by atoms with E-state index in [-0.39, 0.29) is 0 Å². The van der Waals surface area contributed by atoms with E-state index in [1.807, 2.05) is 0 Å². The number of hydrogen-bond acceptors (Lipinski definition) is 1. The topological polar surface area (TPSA) is 9.23 Å². The fourth-order valence-electron chi connectivity index (χ4n) is 2.73. The van der Waals surface area contributed by atoms with Crippen LogP contribution in [0.5, 0.6) is 0 Å². The van der Waals surface area contributed by atoms with E-state index in [1.165, 1.54) is 44.9 Å². The average molecular weight is 291 g/mol. The first-order valence-electron chi connectivity index (χ1n) is 6.99. The summed E-state index contributed by atoms with van der Waals surface area (Å²) in [6.45, 7) is 5.52. The van der Waals surface area contributed by atoms with Crippen molar-refractivity contribution >= 4 is 15.9 Å². The van der Waals surface area contributed by atoms with Crippen LogP contribution in [0.1, 0.15) is 58.8 Å². The molecule has 0 aromatic carbocycles. The second kappa shape index (κ2) is 8.52. The van der Waals surface area contributed by atoms with E-state index in [4.69, 9.17) is 4.74 Å². The van der Waals surface area contributed by atoms with E-state index in [1.54, 1.807) is 0 Å². The van der Waals surface area contributed by atoms with Crippen LogP contribution in [0.4, 0.5) is 0 Å². The molecule has 0 aromatic heterocycles. The molecule has 1 aliphatic carbocycles. The van der Waals surface area contributed by atoms with Gasteiger partial charge in [0.2, 0.25) is 0 Å². The van der Waals surface area contributed by atoms with E-state index >= 15 is 0 Å². The largest absolute Gasteiger partial charge is 0.378 e. The highest BCUT2D eigenvalue weighted by atomic mass is 79.9. The molecule has 2 heteroatoms. The third-order valence-electron chi connectivity index (χ3n) is 3.82. The summed E-state index contributed by atoms with van der Waals surface area (Å²) in [6, 6.07) is 0. The van der Waals surface area contributed by atoms with Gasteiger partial charge in [0.15, 0.2) is 0 Å². The Labute approximate surface area is 109 Å². The van der Waals surface area contributed by atoms with Crippen LogP contribution < -0.4 is 0 Å². The van der Waals surface area contributed by atoms with Gasteiger partial charge < -0.3 is 4.74 Å². The zero-order valence-corrected chi connectivity index (χ0v) is 12.5. The Morgan fingerprint density at radius 3 is 2.62 bits per heavy atom. The van der Waals surface area contributed by atoms with Gasteiger partial charge in [-0.3, -0.25) is 0 Å². The van der Waals surface area contributed by atoms with Crippen molar-refractivity contribution < 1.29 is 4.74 Å². The van der Waals surface area contributed by atoms with Gasteiger partial charge >= 0.3 is 0 Å². The molecule has 0 aromatic rings. The van der Waals surface area contributed by atoms with Crippen molar-refractivity contribution in [2.75, 3.05) is 11.9 Å². The van der Waals surface area contributed by atoms with Crippen LogP contribution in [-0.4, -0.2) is 18.0 Å². The van der Waals surface area contributed by atoms with Gasteiger partial charge in [-0.1, -0.05) is 55.5 Å². The number of alkyl halides is 1. The quantitative estimate of drug-likeness (QED) is 0.613. The molecule has 0 amide bonds. The molecule has 0 N–H and O–H groups in total. The zero-order chi connectivity index (χ0) is 11.8. The predicted octanol–water partition coefficient (Wildman–Crippen LogP) is 4.78. The molecule has 0 heterocycles. The third-order valence-corrected chi connectivity index (χ3v) is 4.74. The van der Waals surface area contributed by atoms with E-state index in [2.05, 4.69) is 29.8 Å². The SMILES string of the molecule is CCCC(CBr)COC1CCCCC1CC. The van der Waals surface area contributed by atoms with Crippen LogP contribution in [0.2, 0.25) is 0 Å². The first kappa shape index (κ1) is 14.5. The van der Waals surface area contributed by atoms with Crippen molar-refractivity contribution in [1.82, 2.24) is 0 Å². The highest BCUT2D eigenvalue weighted by Gasteiger charge is 2.24. The molecule has 3 atom stereocenters. The number of rotatable bonds is 7. The summed E-state index contributed by atoms with van der Waals surface area (Å²) in [5, 5.41) is 1.09. The lowest BCUT2D eigenvalue weighted by Gasteiger charge is -2.31. The molecule has 0 radical (unpaired) electrons. The lowest BCUT2D eigenvalue weighted by Crippen LogP contribution is -2.29. The fraction of sp³-hybridized carbons (Fsp3) is 1.00. The number of ether oxygens (including phenoxy) is 1. The average Bonchev–Trinajstić information content (AvgIpc) is 2.34. The van der Waals surface area contributed by atoms with Crippen LogP contribution in [0.3, 0.4) is 0 Å². The summed E-state index contributed by atoms with van der Waals surface area (Å²) < 4.78 is 6.16. The fourth-order valence-corrected chi connectivity index (χ4v) is 3.24. The Bertz CT molecular complexity index is 172. The molecule has 1 aliphatic rings. The monoisotopic (exact) mass is 290 g/mol. The van der Waals surface area contributed by atoms with Gasteiger partial charge in [-0.2, -0.15) is 0 Å². The first-order valence-corrected chi connectivity index (χ1v) is 8.11. The van der Waals surface area contributed by atoms with Crippen molar-refractivity contribution in [1.29, 1.82) is 0 Å². The van der Waals surface area contributed by atoms with Crippen LogP contribution in [0.15, 0.2) is 0 Å². The lowest BCUT2D eigenvalue weighted by molar-refractivity contribution is -0.0259. The molecular formula is C14H27BrO. The van der Waals surface area contributed by atoms with Gasteiger partial charge in [-0.05, 0) is 31.1 Å². The Balaban J connectivity index is 2.28. The van der Waals surface area contributed by atoms with Gasteiger partial charge in [-0.25, -0.2) is 0 Å². The maximum Gasteiger partial charge on any atom is 0.0603 e. The Kier molecular flexibility index (Phi) is 7.72. The van der Waals surface area contributed by atoms with E-state index in [0.717, 1.165) is 17.9 Å². The molecule has 0 aliphatic heterocycles. The second-order valence-corrected chi connectivity index (χ2v) is 5.78. The molecule has 0 saturated heterocycles. The smallest absolute Gasteiger partial charge is 0.0603 e. The van der Waals surface area contributed by atoms with Crippen LogP contribution >= 0.6 is 15.9 Å². The van der Waals surface area contributed by atoms with Gasteiger partial charge in [0.05, 0.1) is 12.7 Å². The van der Waals surface area contributed by atoms with Crippen molar-refractivity contribution in [3.63, 3.8) is 0 Å². The normalized spacial score (nSPS) is 27.9. The minimum atomic E-state index is 0.553. The molecule has 96 valence electrons. The minimum Gasteiger partial charge on any atom is -0.378 e. The lowest BCUT2D eigenvalue weighted by atomic mass is 9.84. The Morgan fingerprint density at radius 1 is 1.25 bits per heavy atom. The molecule has 1 nitrogen and oxygen atoms in total. The molecule has 1 rings (SSSR count). The summed E-state index contributed by atoms with van der Waals surface area (Å²) in [5.41, 5.74) is 0. The summed E-state index contributed by atoms with van der Waals surface area (Å²) in [6.07, 6.45) is 9.85. The van der Waals surface area contributed by atoms with Gasteiger partial charge in [-0.15, -0.1) is 0 Å². The van der Waals surface area contributed by atoms with E-state index in [0.29, 0.717) is 12.0 Å². The summed E-state index contributed by atoms with van der Waals surface area (Å²) in [7, 11) is 0. The van der Waals surface area contributed by atoms with Crippen molar-refractivity contribution in [3.8, 4) is 0 Å². The maximum atomic E-state index is 6.16. The molecule has 3 unspecified atom stereocenters. The van der Waals surface area contributed by atoms with Crippen LogP contribution in [-0.2, 0) is 4.74 Å². The summed E-state index contributed by atoms with van der Waals surface area (Å²) in [5.74, 6) is 1.54. The van der Waals surface area contributed by atoms with Gasteiger partial charge in [0.25, 0.3) is 0 Å². The first-order chi connectivity index (χ1) is 7.81. The van der Waals surface area contributed by atoms with Crippen molar-refractivity contribution in [3.05, 3.63) is 0 Å². The standard InChI is InChI=1S/C14H27BrO/c1-3-7-12(10-15)11-16-14-9-6-5-8-13(14)4-2/h12-14H,3-11H2,1-2H3. The summed E-state index contributed by atoms with van der Waals surface area (Å²) >= 11 is 3.59. The second-order valence-electron chi connectivity index (χ2n) is 5.13. The van der Waals surface area contributed by atoms with Gasteiger partial charge in [0, 0.05) is 5.33 Å². The number of hydrogen-bond donors (Lipinski definition) is 0. The van der Waals surface area contributed by atoms with Crippen molar-refractivity contribution in [2.24, 2.45) is 11.8 Å². The highest BCUT2D eigenvalue weighted by Crippen LogP contribution is 2.29. The molecule has 1 fully saturated rings. The van der Waals surface area contributed by atoms with Crippen molar-refractivity contribution in [2.45, 2.75) is 64.9 Å². The molecule has 0 spiro atoms. The molecule has 0 bridgehead atoms. The number of halogens is 1. The van der Waals surface area contributed by atoms with Gasteiger partial charge in [0.1, 0.15) is 0 Å². The van der Waals surface area contributed by atoms with E-state index in [9.17, 15) is 0 Å². The Hall–Kier alpha value is 0.440. The zero-order valence-electron chi connectivity index (χ0n) is 10.9. The maximum absolute atomic E-state index is 6.16. The predicted molar refractivity (Wildman–Crippen MR) is 74.2 cm³/mol. The molecule has 16 heavy (non-hydrogen) atoms. The highest BCUT2D eigenvalue weighted by molar-refractivity contribution is 9.09. The summed E-state index contributed by atoms with van der Waals surface area (Å²) in [4.78, 5) is 0. The van der Waals surface area contributed by atoms with E-state index < -0.39 is 0 Å². The van der Waals surface area contributed by atoms with Crippen LogP contribution in [0.25, 0.3) is 0 Å². The Morgan fingerprint density at radius 2 is 2.00 bits per heavy atom. The molecular weight excluding hydrogens is 264 g/mol. The van der Waals surface area contributed by atoms with Crippen LogP contribution in [0, 0.1) is 11.8 Å². The third kappa shape index (κ3) is 4.75.